The molecule has 0 bridgehead atoms. The van der Waals surface area contributed by atoms with Crippen LogP contribution in [0.5, 0.6) is 0 Å². The van der Waals surface area contributed by atoms with Crippen LogP contribution in [0.4, 0.5) is 0 Å². The number of ether oxygens (including phenoxy) is 1. The average Bonchev–Trinajstić information content (AvgIpc) is 2.88. The predicted octanol–water partition coefficient (Wildman–Crippen LogP) is 2.69. The maximum absolute atomic E-state index is 9.02. The zero-order valence-electron chi connectivity index (χ0n) is 13.2. The molecule has 0 saturated carbocycles. The Kier molecular flexibility index (Phi) is 6.19. The average molecular weight is 307 g/mol. The van der Waals surface area contributed by atoms with E-state index in [-0.39, 0.29) is 6.10 Å². The maximum Gasteiger partial charge on any atom is 0.110 e. The highest BCUT2D eigenvalue weighted by Crippen LogP contribution is 2.32. The van der Waals surface area contributed by atoms with Crippen LogP contribution in [-0.4, -0.2) is 43.7 Å². The zero-order valence-corrected chi connectivity index (χ0v) is 14.0. The lowest BCUT2D eigenvalue weighted by molar-refractivity contribution is -0.0718. The van der Waals surface area contributed by atoms with E-state index in [1.54, 1.807) is 0 Å². The number of nitrogens with zero attached hydrogens (tertiary/aromatic N) is 2. The van der Waals surface area contributed by atoms with E-state index in [1.165, 1.54) is 23.3 Å². The maximum atomic E-state index is 9.02. The summed E-state index contributed by atoms with van der Waals surface area (Å²) in [5.41, 5.74) is 2.30. The van der Waals surface area contributed by atoms with E-state index in [9.17, 15) is 0 Å². The molecule has 2 atom stereocenters. The van der Waals surface area contributed by atoms with E-state index < -0.39 is 0 Å². The molecule has 2 aliphatic heterocycles. The third-order valence-corrected chi connectivity index (χ3v) is 4.89. The van der Waals surface area contributed by atoms with Crippen molar-refractivity contribution in [2.75, 3.05) is 32.8 Å². The highest BCUT2D eigenvalue weighted by molar-refractivity contribution is 7.10. The van der Waals surface area contributed by atoms with Gasteiger partial charge in [-0.1, -0.05) is 20.3 Å². The van der Waals surface area contributed by atoms with Gasteiger partial charge < -0.3 is 10.1 Å². The van der Waals surface area contributed by atoms with Crippen molar-refractivity contribution in [3.05, 3.63) is 21.4 Å². The van der Waals surface area contributed by atoms with Crippen LogP contribution in [0, 0.1) is 18.3 Å². The van der Waals surface area contributed by atoms with E-state index in [0.29, 0.717) is 6.04 Å². The molecule has 0 aliphatic carbocycles. The van der Waals surface area contributed by atoms with Crippen molar-refractivity contribution in [3.63, 3.8) is 0 Å². The first-order valence-corrected chi connectivity index (χ1v) is 8.63. The summed E-state index contributed by atoms with van der Waals surface area (Å²) in [6.07, 6.45) is 1.39. The summed E-state index contributed by atoms with van der Waals surface area (Å²) < 4.78 is 5.99. The first-order chi connectivity index (χ1) is 10.2. The largest absolute Gasteiger partial charge is 0.370 e. The lowest BCUT2D eigenvalue weighted by Gasteiger charge is -2.42. The van der Waals surface area contributed by atoms with Gasteiger partial charge in [0, 0.05) is 32.2 Å². The molecule has 2 fully saturated rings. The highest BCUT2D eigenvalue weighted by atomic mass is 32.1. The predicted molar refractivity (Wildman–Crippen MR) is 86.7 cm³/mol. The Bertz CT molecular complexity index is 494. The molecule has 2 aliphatic rings. The molecule has 0 aromatic carbocycles. The van der Waals surface area contributed by atoms with E-state index in [1.807, 2.05) is 6.92 Å². The highest BCUT2D eigenvalue weighted by Gasteiger charge is 2.32. The number of nitriles is 1. The van der Waals surface area contributed by atoms with Crippen molar-refractivity contribution < 1.29 is 4.74 Å². The Labute approximate surface area is 131 Å². The van der Waals surface area contributed by atoms with Gasteiger partial charge in [0.2, 0.25) is 0 Å². The summed E-state index contributed by atoms with van der Waals surface area (Å²) in [5, 5.41) is 14.5. The molecule has 4 nitrogen and oxygen atoms in total. The fraction of sp³-hybridized carbons (Fsp3) is 0.688. The number of piperazine rings is 1. The molecule has 116 valence electrons. The minimum atomic E-state index is 0.137. The van der Waals surface area contributed by atoms with E-state index in [2.05, 4.69) is 35.5 Å². The summed E-state index contributed by atoms with van der Waals surface area (Å²) in [7, 11) is 0. The SMILES string of the molecule is CCC.Cc1c(C2CN3CCNCC3CO2)csc1C#N. The fourth-order valence-electron chi connectivity index (χ4n) is 2.75. The van der Waals surface area contributed by atoms with Gasteiger partial charge in [0.1, 0.15) is 10.9 Å². The normalized spacial score (nSPS) is 25.4. The van der Waals surface area contributed by atoms with Crippen LogP contribution in [0.2, 0.25) is 0 Å². The van der Waals surface area contributed by atoms with Crippen molar-refractivity contribution >= 4 is 11.3 Å². The Balaban J connectivity index is 0.000000497. The molecule has 2 saturated heterocycles. The number of fused-ring (bicyclic) bond motifs is 1. The third-order valence-electron chi connectivity index (χ3n) is 3.89. The molecule has 5 heteroatoms. The molecule has 0 spiro atoms. The number of rotatable bonds is 1. The second-order valence-corrected chi connectivity index (χ2v) is 6.52. The Hall–Kier alpha value is -0.930. The molecular formula is C16H25N3OS. The van der Waals surface area contributed by atoms with Crippen molar-refractivity contribution in [2.24, 2.45) is 0 Å². The molecule has 0 radical (unpaired) electrons. The molecule has 1 aromatic rings. The number of hydrogen-bond donors (Lipinski definition) is 1. The second kappa shape index (κ2) is 7.90. The van der Waals surface area contributed by atoms with Crippen LogP contribution in [0.1, 0.15) is 42.4 Å². The molecule has 3 heterocycles. The van der Waals surface area contributed by atoms with Gasteiger partial charge in [-0.15, -0.1) is 11.3 Å². The lowest BCUT2D eigenvalue weighted by Crippen LogP contribution is -2.57. The zero-order chi connectivity index (χ0) is 15.2. The van der Waals surface area contributed by atoms with Crippen molar-refractivity contribution in [3.8, 4) is 6.07 Å². The Morgan fingerprint density at radius 3 is 2.95 bits per heavy atom. The molecule has 1 N–H and O–H groups in total. The molecule has 0 amide bonds. The summed E-state index contributed by atoms with van der Waals surface area (Å²) in [6, 6.07) is 2.77. The van der Waals surface area contributed by atoms with Crippen molar-refractivity contribution in [1.82, 2.24) is 10.2 Å². The Morgan fingerprint density at radius 1 is 1.52 bits per heavy atom. The third kappa shape index (κ3) is 3.83. The molecule has 3 rings (SSSR count). The van der Waals surface area contributed by atoms with Crippen molar-refractivity contribution in [1.29, 1.82) is 5.26 Å². The lowest BCUT2D eigenvalue weighted by atomic mass is 10.0. The first kappa shape index (κ1) is 16.4. The van der Waals surface area contributed by atoms with Crippen LogP contribution in [-0.2, 0) is 4.74 Å². The van der Waals surface area contributed by atoms with Crippen LogP contribution >= 0.6 is 11.3 Å². The van der Waals surface area contributed by atoms with Gasteiger partial charge in [0.05, 0.1) is 12.7 Å². The quantitative estimate of drug-likeness (QED) is 0.866. The van der Waals surface area contributed by atoms with Gasteiger partial charge >= 0.3 is 0 Å². The van der Waals surface area contributed by atoms with Crippen LogP contribution in [0.15, 0.2) is 5.38 Å². The summed E-state index contributed by atoms with van der Waals surface area (Å²) in [6.45, 7) is 11.2. The topological polar surface area (TPSA) is 48.3 Å². The van der Waals surface area contributed by atoms with Gasteiger partial charge in [-0.2, -0.15) is 5.26 Å². The van der Waals surface area contributed by atoms with Crippen LogP contribution < -0.4 is 5.32 Å². The fourth-order valence-corrected chi connectivity index (χ4v) is 3.67. The van der Waals surface area contributed by atoms with Crippen LogP contribution in [0.25, 0.3) is 0 Å². The number of thiophene rings is 1. The number of morpholine rings is 1. The summed E-state index contributed by atoms with van der Waals surface area (Å²) >= 11 is 1.53. The summed E-state index contributed by atoms with van der Waals surface area (Å²) in [5.74, 6) is 0. The van der Waals surface area contributed by atoms with Crippen molar-refractivity contribution in [2.45, 2.75) is 39.3 Å². The van der Waals surface area contributed by atoms with Gasteiger partial charge in [-0.3, -0.25) is 4.90 Å². The smallest absolute Gasteiger partial charge is 0.110 e. The summed E-state index contributed by atoms with van der Waals surface area (Å²) in [4.78, 5) is 3.32. The van der Waals surface area contributed by atoms with Gasteiger partial charge in [-0.05, 0) is 23.4 Å². The molecular weight excluding hydrogens is 282 g/mol. The van der Waals surface area contributed by atoms with E-state index in [0.717, 1.165) is 43.2 Å². The first-order valence-electron chi connectivity index (χ1n) is 7.75. The number of hydrogen-bond acceptors (Lipinski definition) is 5. The Morgan fingerprint density at radius 2 is 2.29 bits per heavy atom. The minimum Gasteiger partial charge on any atom is -0.370 e. The number of nitrogens with one attached hydrogen (secondary N) is 1. The van der Waals surface area contributed by atoms with Gasteiger partial charge in [0.15, 0.2) is 0 Å². The molecule has 1 aromatic heterocycles. The monoisotopic (exact) mass is 307 g/mol. The molecule has 21 heavy (non-hydrogen) atoms. The van der Waals surface area contributed by atoms with E-state index >= 15 is 0 Å². The minimum absolute atomic E-state index is 0.137. The van der Waals surface area contributed by atoms with Gasteiger partial charge in [0.25, 0.3) is 0 Å². The standard InChI is InChI=1S/C13H17N3OS.C3H8/c1-9-11(8-18-13(9)4-14)12-6-16-3-2-15-5-10(16)7-17-12;1-3-2/h8,10,12,15H,2-3,5-7H2,1H3;3H2,1-2H3. The second-order valence-electron chi connectivity index (χ2n) is 5.64. The molecule has 2 unspecified atom stereocenters. The van der Waals surface area contributed by atoms with Crippen LogP contribution in [0.3, 0.4) is 0 Å². The van der Waals surface area contributed by atoms with Gasteiger partial charge in [-0.25, -0.2) is 0 Å². The van der Waals surface area contributed by atoms with E-state index in [4.69, 9.17) is 10.00 Å².